The maximum atomic E-state index is 13.1. The Balaban J connectivity index is 0.000000327. The van der Waals surface area contributed by atoms with Crippen LogP contribution in [0.3, 0.4) is 0 Å². The van der Waals surface area contributed by atoms with Gasteiger partial charge in [-0.1, -0.05) is 100 Å². The lowest BCUT2D eigenvalue weighted by molar-refractivity contribution is -0.155. The summed E-state index contributed by atoms with van der Waals surface area (Å²) in [5, 5.41) is 31.5. The first-order valence-electron chi connectivity index (χ1n) is 31.6. The highest BCUT2D eigenvalue weighted by molar-refractivity contribution is 15.0. The van der Waals surface area contributed by atoms with Crippen molar-refractivity contribution in [2.75, 3.05) is 39.5 Å². The van der Waals surface area contributed by atoms with Crippen molar-refractivity contribution in [3.63, 3.8) is 0 Å². The Morgan fingerprint density at radius 3 is 1.29 bits per heavy atom. The van der Waals surface area contributed by atoms with E-state index in [-0.39, 0.29) is 61.2 Å². The summed E-state index contributed by atoms with van der Waals surface area (Å²) in [5.41, 5.74) is 11.0. The number of likely N-dealkylation sites (tertiary alicyclic amines) is 2. The van der Waals surface area contributed by atoms with E-state index < -0.39 is 71.9 Å². The zero-order chi connectivity index (χ0) is 73.4. The molecule has 0 aliphatic carbocycles. The number of nitrogens with two attached hydrogens (primary N) is 1. The Labute approximate surface area is 590 Å². The summed E-state index contributed by atoms with van der Waals surface area (Å²) in [6.45, 7) is 33.6. The van der Waals surface area contributed by atoms with Crippen molar-refractivity contribution in [3.8, 4) is 11.1 Å². The molecular weight excluding hydrogens is 1480 g/mol. The minimum absolute atomic E-state index is 0.198. The van der Waals surface area contributed by atoms with Crippen molar-refractivity contribution in [2.24, 2.45) is 29.4 Å². The van der Waals surface area contributed by atoms with Gasteiger partial charge in [-0.05, 0) is 127 Å². The fourth-order valence-electron chi connectivity index (χ4n) is 11.6. The number of fused-ring (bicyclic) bond motifs is 2. The number of likely N-dealkylation sites (N-methyl/N-ethyl adjacent to an activating group) is 1. The van der Waals surface area contributed by atoms with Gasteiger partial charge in [-0.3, -0.25) is 73.3 Å². The van der Waals surface area contributed by atoms with E-state index in [9.17, 15) is 47.9 Å². The summed E-state index contributed by atoms with van der Waals surface area (Å²) in [6.07, 6.45) is 5.16. The molecule has 97 heavy (non-hydrogen) atoms. The second-order valence-electron chi connectivity index (χ2n) is 23.0. The van der Waals surface area contributed by atoms with E-state index in [2.05, 4.69) is 74.0 Å². The Hall–Kier alpha value is -7.62. The number of hydrogen-bond acceptors (Lipinski definition) is 22. The number of aromatic nitrogens is 2. The molecule has 9 atom stereocenters. The van der Waals surface area contributed by atoms with E-state index in [0.717, 1.165) is 51.1 Å². The summed E-state index contributed by atoms with van der Waals surface area (Å²) in [6, 6.07) is 21.6. The summed E-state index contributed by atoms with van der Waals surface area (Å²) in [4.78, 5) is 123. The number of benzene rings is 3. The molecule has 0 saturated carbocycles. The van der Waals surface area contributed by atoms with Crippen molar-refractivity contribution >= 4 is 109 Å². The Kier molecular flexibility index (Phi) is 33.7. The van der Waals surface area contributed by atoms with Gasteiger partial charge in [-0.25, -0.2) is 0 Å². The van der Waals surface area contributed by atoms with Gasteiger partial charge in [0.1, 0.15) is 34.9 Å². The molecule has 6 amide bonds. The van der Waals surface area contributed by atoms with Crippen molar-refractivity contribution < 1.29 is 81.3 Å². The number of rotatable bonds is 14. The first-order chi connectivity index (χ1) is 45.9. The van der Waals surface area contributed by atoms with Gasteiger partial charge in [0, 0.05) is 97.7 Å². The van der Waals surface area contributed by atoms with Crippen molar-refractivity contribution in [1.82, 2.24) is 35.6 Å². The molecule has 6 N–H and O–H groups in total. The van der Waals surface area contributed by atoms with Crippen LogP contribution in [0.15, 0.2) is 107 Å². The number of carbonyl (C=O) groups excluding carboxylic acids is 10. The number of ether oxygens (including phenoxy) is 3. The van der Waals surface area contributed by atoms with Gasteiger partial charge in [0.15, 0.2) is 0 Å². The molecule has 526 valence electrons. The lowest BCUT2D eigenvalue weighted by Crippen LogP contribution is -2.54. The highest BCUT2D eigenvalue weighted by Crippen LogP contribution is 2.50. The average molecular weight is 1570 g/mol. The number of aryl methyl sites for hydroxylation is 6. The number of halogens is 2. The van der Waals surface area contributed by atoms with Crippen molar-refractivity contribution in [1.29, 1.82) is 0 Å². The normalized spacial score (nSPS) is 21.7. The maximum Gasteiger partial charge on any atom is 0.494 e. The first-order valence-corrected chi connectivity index (χ1v) is 37.9. The van der Waals surface area contributed by atoms with Crippen LogP contribution in [0.1, 0.15) is 137 Å². The van der Waals surface area contributed by atoms with Gasteiger partial charge in [0.2, 0.25) is 23.6 Å². The third-order valence-corrected chi connectivity index (χ3v) is 16.3. The summed E-state index contributed by atoms with van der Waals surface area (Å²) in [7, 11) is -1.48. The number of imide groups is 3. The molecule has 0 radical (unpaired) electrons. The molecule has 25 nitrogen and oxygen atoms in total. The van der Waals surface area contributed by atoms with Gasteiger partial charge in [0.25, 0.3) is 11.8 Å². The Bertz CT molecular complexity index is 3500. The fourth-order valence-corrected chi connectivity index (χ4v) is 11.6. The SMILES string of the molecule is C=CC.CCN1C(=O)C=CC1=O.CCOC(=O)C(C)N.CCOC(=O)[C@]1(C)N[C@H](c2ccc(-c3c(C)noc3C)cc2)[C@@H]2C(=O)N(CC)C(=O)[C@@H]21.CCOC(=O)[C@]1(C)N[C@H](c2ccc(C)cc2)[C@@H]2C(=O)N(CC)C(=O)[C@@H]21.Cc1ccc(C=O)cc1.Cc1noc(C)c1B(O)O.II. The van der Waals surface area contributed by atoms with E-state index >= 15 is 0 Å². The summed E-state index contributed by atoms with van der Waals surface area (Å²) in [5.74, 6) is -4.46. The average Bonchev–Trinajstić information content (AvgIpc) is 1.56. The number of nitrogens with one attached hydrogen (secondary N) is 2. The van der Waals surface area contributed by atoms with Crippen molar-refractivity contribution in [2.45, 2.75) is 140 Å². The number of aldehydes is 1. The molecule has 2 aromatic heterocycles. The number of esters is 3. The van der Waals surface area contributed by atoms with Gasteiger partial charge in [0.05, 0.1) is 54.9 Å². The molecule has 1 unspecified atom stereocenters. The second-order valence-corrected chi connectivity index (χ2v) is 23.0. The Morgan fingerprint density at radius 1 is 0.629 bits per heavy atom. The molecule has 7 heterocycles. The van der Waals surface area contributed by atoms with Crippen LogP contribution >= 0.6 is 37.2 Å². The smallest absolute Gasteiger partial charge is 0.465 e. The molecular formula is C69H91BI2N8O17. The molecule has 0 bridgehead atoms. The van der Waals surface area contributed by atoms with Crippen LogP contribution in [0.2, 0.25) is 0 Å². The number of carbonyl (C=O) groups is 10. The first kappa shape index (κ1) is 83.6. The van der Waals surface area contributed by atoms with Gasteiger partial charge in [-0.15, -0.1) is 6.58 Å². The third-order valence-electron chi connectivity index (χ3n) is 16.3. The van der Waals surface area contributed by atoms with E-state index in [1.807, 2.05) is 107 Å². The van der Waals surface area contributed by atoms with E-state index in [0.29, 0.717) is 36.6 Å². The maximum absolute atomic E-state index is 13.1. The number of nitrogens with zero attached hydrogens (tertiary/aromatic N) is 5. The lowest BCUT2D eigenvalue weighted by atomic mass is 9.79. The van der Waals surface area contributed by atoms with Crippen LogP contribution in [0.4, 0.5) is 0 Å². The zero-order valence-electron chi connectivity index (χ0n) is 57.9. The molecule has 4 fully saturated rings. The van der Waals surface area contributed by atoms with Gasteiger partial charge in [-0.2, -0.15) is 0 Å². The van der Waals surface area contributed by atoms with Gasteiger partial charge < -0.3 is 39.0 Å². The predicted octanol–water partition coefficient (Wildman–Crippen LogP) is 7.70. The van der Waals surface area contributed by atoms with Crippen LogP contribution in [0.25, 0.3) is 11.1 Å². The van der Waals surface area contributed by atoms with Crippen LogP contribution in [0, 0.1) is 65.2 Å². The highest BCUT2D eigenvalue weighted by atomic mass is 128. The molecule has 3 aromatic carbocycles. The fraction of sp³-hybridized carbons (Fsp3) is 0.449. The summed E-state index contributed by atoms with van der Waals surface area (Å²) < 4.78 is 25.0. The lowest BCUT2D eigenvalue weighted by Gasteiger charge is -2.29. The standard InChI is InChI=1S/C23H27N3O5.C19H24N2O4.C8H8O.C6H7NO2.C5H8BNO3.C5H11NO2.C3H6.I2/c1-6-26-20(27)17-18(21(26)28)23(5,22(29)30-7-2)24-19(17)15-10-8-14(9-11-15)16-12(3)25-31-13(16)4;1-5-21-16(22)13-14(17(21)23)19(4,18(24)25-6-2)20-15(13)12-9-7-11(3)8-10-12;1-7-2-4-8(6-9)5-3-7;1-2-7-5(8)3-4-6(7)9;1-3-5(6(8)9)4(2)10-7-3;1-3-8-5(7)4(2)6;1-3-2;1-2/h8-11,17-19,24H,6-7H2,1-5H3;7-10,13-15,20H,5-6H2,1-4H3;2-6H,1H3;3-4H,2H2,1H3;8-9H,1-2H3;4H,3,6H2,1-2H3;3H,1H2,2H3;/t17-,18-,19-,23-;13-,14-,15-,19-;;;;;;/m11....../s1. The zero-order valence-corrected chi connectivity index (χ0v) is 62.2. The van der Waals surface area contributed by atoms with Gasteiger partial charge >= 0.3 is 25.0 Å². The Morgan fingerprint density at radius 2 is 1.00 bits per heavy atom. The van der Waals surface area contributed by atoms with Crippen LogP contribution in [0.5, 0.6) is 0 Å². The number of allylic oxidation sites excluding steroid dienone is 1. The summed E-state index contributed by atoms with van der Waals surface area (Å²) >= 11 is 4.24. The molecule has 28 heteroatoms. The molecule has 5 aliphatic heterocycles. The molecule has 10 rings (SSSR count). The minimum Gasteiger partial charge on any atom is -0.465 e. The van der Waals surface area contributed by atoms with Crippen LogP contribution in [-0.2, 0) is 57.4 Å². The third kappa shape index (κ3) is 20.3. The number of hydrogen-bond donors (Lipinski definition) is 5. The second kappa shape index (κ2) is 39.1. The van der Waals surface area contributed by atoms with Crippen molar-refractivity contribution in [3.05, 3.63) is 148 Å². The minimum atomic E-state index is -1.48. The van der Waals surface area contributed by atoms with Crippen LogP contribution in [-0.4, -0.2) is 158 Å². The van der Waals surface area contributed by atoms with E-state index in [4.69, 9.17) is 29.8 Å². The molecule has 5 aromatic rings. The quantitative estimate of drug-likeness (QED) is 0.0135. The highest BCUT2D eigenvalue weighted by Gasteiger charge is 2.68. The molecule has 5 aliphatic rings. The topological polar surface area (TPSA) is 351 Å². The predicted molar refractivity (Wildman–Crippen MR) is 381 cm³/mol. The largest absolute Gasteiger partial charge is 0.494 e. The molecule has 4 saturated heterocycles. The van der Waals surface area contributed by atoms with E-state index in [1.165, 1.54) is 32.4 Å². The van der Waals surface area contributed by atoms with E-state index in [1.54, 1.807) is 82.2 Å². The van der Waals surface area contributed by atoms with Crippen LogP contribution < -0.4 is 21.8 Å². The molecule has 0 spiro atoms. The number of amides is 6. The monoisotopic (exact) mass is 1570 g/mol.